The van der Waals surface area contributed by atoms with Crippen LogP contribution in [0.2, 0.25) is 5.02 Å². The summed E-state index contributed by atoms with van der Waals surface area (Å²) in [6, 6.07) is 5.10. The molecular weight excluding hydrogens is 238 g/mol. The van der Waals surface area contributed by atoms with Crippen molar-refractivity contribution in [2.75, 3.05) is 19.6 Å². The van der Waals surface area contributed by atoms with E-state index in [1.165, 1.54) is 6.07 Å². The highest BCUT2D eigenvalue weighted by molar-refractivity contribution is 6.30. The molecule has 0 aliphatic carbocycles. The molecule has 84 valence electrons. The molecule has 1 saturated heterocycles. The molecule has 0 spiro atoms. The van der Waals surface area contributed by atoms with E-state index < -0.39 is 0 Å². The predicted molar refractivity (Wildman–Crippen MR) is 62.3 cm³/mol. The third-order valence-electron chi connectivity index (χ3n) is 2.39. The Morgan fingerprint density at radius 3 is 2.73 bits per heavy atom. The second-order valence-electron chi connectivity index (χ2n) is 3.38. The van der Waals surface area contributed by atoms with Gasteiger partial charge in [0.25, 0.3) is 0 Å². The smallest absolute Gasteiger partial charge is 0.141 e. The maximum atomic E-state index is 12.9. The van der Waals surface area contributed by atoms with Crippen molar-refractivity contribution < 1.29 is 4.39 Å². The zero-order valence-corrected chi connectivity index (χ0v) is 9.67. The minimum Gasteiger partial charge on any atom is -0.314 e. The summed E-state index contributed by atoms with van der Waals surface area (Å²) >= 11 is 5.71. The number of benzene rings is 1. The van der Waals surface area contributed by atoms with Crippen molar-refractivity contribution in [2.45, 2.75) is 6.04 Å². The zero-order chi connectivity index (χ0) is 9.97. The van der Waals surface area contributed by atoms with Crippen LogP contribution in [-0.2, 0) is 0 Å². The van der Waals surface area contributed by atoms with Crippen LogP contribution in [0.4, 0.5) is 4.39 Å². The summed E-state index contributed by atoms with van der Waals surface area (Å²) in [5.74, 6) is -0.362. The van der Waals surface area contributed by atoms with Crippen molar-refractivity contribution in [3.8, 4) is 0 Å². The minimum absolute atomic E-state index is 0. The van der Waals surface area contributed by atoms with E-state index in [1.807, 2.05) is 0 Å². The van der Waals surface area contributed by atoms with Gasteiger partial charge in [-0.3, -0.25) is 0 Å². The van der Waals surface area contributed by atoms with E-state index in [0.29, 0.717) is 0 Å². The van der Waals surface area contributed by atoms with Gasteiger partial charge in [0.15, 0.2) is 0 Å². The lowest BCUT2D eigenvalue weighted by Crippen LogP contribution is -2.42. The van der Waals surface area contributed by atoms with Gasteiger partial charge in [-0.25, -0.2) is 4.39 Å². The fourth-order valence-electron chi connectivity index (χ4n) is 1.62. The van der Waals surface area contributed by atoms with Gasteiger partial charge in [0, 0.05) is 25.7 Å². The summed E-state index contributed by atoms with van der Waals surface area (Å²) in [6.45, 7) is 2.77. The van der Waals surface area contributed by atoms with Crippen molar-refractivity contribution in [3.63, 3.8) is 0 Å². The second kappa shape index (κ2) is 5.66. The molecule has 15 heavy (non-hydrogen) atoms. The average molecular weight is 251 g/mol. The molecule has 0 unspecified atom stereocenters. The molecule has 2 N–H and O–H groups in total. The van der Waals surface area contributed by atoms with E-state index in [-0.39, 0.29) is 29.3 Å². The predicted octanol–water partition coefficient (Wildman–Crippen LogP) is 2.13. The number of rotatable bonds is 1. The molecular formula is C10H13Cl2FN2. The van der Waals surface area contributed by atoms with Crippen LogP contribution in [0.25, 0.3) is 0 Å². The van der Waals surface area contributed by atoms with Crippen LogP contribution >= 0.6 is 24.0 Å². The van der Waals surface area contributed by atoms with Crippen LogP contribution in [-0.4, -0.2) is 19.6 Å². The summed E-state index contributed by atoms with van der Waals surface area (Å²) < 4.78 is 12.9. The third-order valence-corrected chi connectivity index (χ3v) is 2.68. The average Bonchev–Trinajstić information content (AvgIpc) is 2.23. The fourth-order valence-corrected chi connectivity index (χ4v) is 1.81. The Morgan fingerprint density at radius 1 is 1.33 bits per heavy atom. The third kappa shape index (κ3) is 3.05. The van der Waals surface area contributed by atoms with Gasteiger partial charge in [0.1, 0.15) is 5.82 Å². The van der Waals surface area contributed by atoms with Gasteiger partial charge in [0.2, 0.25) is 0 Å². The maximum Gasteiger partial charge on any atom is 0.141 e. The lowest BCUT2D eigenvalue weighted by Gasteiger charge is -2.24. The van der Waals surface area contributed by atoms with Crippen LogP contribution in [0.1, 0.15) is 11.6 Å². The first-order valence-electron chi connectivity index (χ1n) is 4.66. The van der Waals surface area contributed by atoms with E-state index in [0.717, 1.165) is 25.2 Å². The highest BCUT2D eigenvalue weighted by Gasteiger charge is 2.14. The molecule has 2 nitrogen and oxygen atoms in total. The van der Waals surface area contributed by atoms with Crippen molar-refractivity contribution in [1.82, 2.24) is 10.6 Å². The van der Waals surface area contributed by atoms with Gasteiger partial charge in [-0.2, -0.15) is 0 Å². The van der Waals surface area contributed by atoms with E-state index in [4.69, 9.17) is 11.6 Å². The minimum atomic E-state index is -0.362. The molecule has 1 aromatic carbocycles. The summed E-state index contributed by atoms with van der Waals surface area (Å²) in [5, 5.41) is 6.80. The van der Waals surface area contributed by atoms with Crippen LogP contribution in [0, 0.1) is 5.82 Å². The molecule has 0 radical (unpaired) electrons. The van der Waals surface area contributed by atoms with E-state index >= 15 is 0 Å². The maximum absolute atomic E-state index is 12.9. The molecule has 2 rings (SSSR count). The quantitative estimate of drug-likeness (QED) is 0.799. The second-order valence-corrected chi connectivity index (χ2v) is 3.79. The SMILES string of the molecule is Cl.Fc1ccc([C@@H]2CNCCN2)cc1Cl. The lowest BCUT2D eigenvalue weighted by molar-refractivity contribution is 0.430. The van der Waals surface area contributed by atoms with Gasteiger partial charge in [-0.15, -0.1) is 12.4 Å². The molecule has 1 heterocycles. The van der Waals surface area contributed by atoms with Crippen molar-refractivity contribution >= 4 is 24.0 Å². The summed E-state index contributed by atoms with van der Waals surface area (Å²) in [6.07, 6.45) is 0. The molecule has 1 fully saturated rings. The standard InChI is InChI=1S/C10H12ClFN2.ClH/c11-8-5-7(1-2-9(8)12)10-6-13-3-4-14-10;/h1-2,5,10,13-14H,3-4,6H2;1H/t10-;/m0./s1. The highest BCUT2D eigenvalue weighted by atomic mass is 35.5. The summed E-state index contributed by atoms with van der Waals surface area (Å²) in [4.78, 5) is 0. The number of halogens is 3. The Morgan fingerprint density at radius 2 is 2.13 bits per heavy atom. The molecule has 1 aliphatic rings. The Hall–Kier alpha value is -0.350. The lowest BCUT2D eigenvalue weighted by atomic mass is 10.1. The first kappa shape index (κ1) is 12.7. The Balaban J connectivity index is 0.00000112. The number of hydrogen-bond acceptors (Lipinski definition) is 2. The van der Waals surface area contributed by atoms with Crippen LogP contribution in [0.5, 0.6) is 0 Å². The van der Waals surface area contributed by atoms with Crippen molar-refractivity contribution in [3.05, 3.63) is 34.6 Å². The van der Waals surface area contributed by atoms with Crippen LogP contribution in [0.15, 0.2) is 18.2 Å². The molecule has 0 amide bonds. The van der Waals surface area contributed by atoms with Gasteiger partial charge < -0.3 is 10.6 Å². The molecule has 0 saturated carbocycles. The van der Waals surface area contributed by atoms with Crippen LogP contribution < -0.4 is 10.6 Å². The van der Waals surface area contributed by atoms with Crippen molar-refractivity contribution in [1.29, 1.82) is 0 Å². The zero-order valence-electron chi connectivity index (χ0n) is 8.09. The molecule has 1 atom stereocenters. The Bertz CT molecular complexity index is 327. The van der Waals surface area contributed by atoms with Gasteiger partial charge >= 0.3 is 0 Å². The Labute approximate surface area is 99.6 Å². The topological polar surface area (TPSA) is 24.1 Å². The molecule has 1 aliphatic heterocycles. The molecule has 1 aromatic rings. The molecule has 5 heteroatoms. The van der Waals surface area contributed by atoms with Crippen LogP contribution in [0.3, 0.4) is 0 Å². The summed E-state index contributed by atoms with van der Waals surface area (Å²) in [7, 11) is 0. The Kier molecular flexibility index (Phi) is 4.80. The largest absolute Gasteiger partial charge is 0.314 e. The van der Waals surface area contributed by atoms with E-state index in [2.05, 4.69) is 10.6 Å². The van der Waals surface area contributed by atoms with E-state index in [1.54, 1.807) is 12.1 Å². The number of piperazine rings is 1. The van der Waals surface area contributed by atoms with Crippen molar-refractivity contribution in [2.24, 2.45) is 0 Å². The van der Waals surface area contributed by atoms with Gasteiger partial charge in [0.05, 0.1) is 5.02 Å². The van der Waals surface area contributed by atoms with Gasteiger partial charge in [-0.1, -0.05) is 17.7 Å². The first-order chi connectivity index (χ1) is 6.77. The first-order valence-corrected chi connectivity index (χ1v) is 5.04. The normalized spacial score (nSPS) is 20.8. The van der Waals surface area contributed by atoms with Gasteiger partial charge in [-0.05, 0) is 17.7 Å². The molecule has 0 bridgehead atoms. The number of nitrogens with one attached hydrogen (secondary N) is 2. The molecule has 0 aromatic heterocycles. The van der Waals surface area contributed by atoms with E-state index in [9.17, 15) is 4.39 Å². The fraction of sp³-hybridized carbons (Fsp3) is 0.400. The number of hydrogen-bond donors (Lipinski definition) is 2. The highest BCUT2D eigenvalue weighted by Crippen LogP contribution is 2.21. The summed E-state index contributed by atoms with van der Waals surface area (Å²) in [5.41, 5.74) is 1.03. The monoisotopic (exact) mass is 250 g/mol.